The highest BCUT2D eigenvalue weighted by Crippen LogP contribution is 2.54. The number of nitrogens with zero attached hydrogens (tertiary/aromatic N) is 3. The SMILES string of the molecule is C[C@H]1OC(=O)c2ccc(Nc3cc4c([C@](C)(N)C5CC5)cnc(OC5CC5)c4cn3)nc2C12CC2. The fourth-order valence-corrected chi connectivity index (χ4v) is 5.46. The van der Waals surface area contributed by atoms with Crippen molar-refractivity contribution < 1.29 is 14.3 Å². The lowest BCUT2D eigenvalue weighted by Crippen LogP contribution is -2.36. The molecule has 35 heavy (non-hydrogen) atoms. The van der Waals surface area contributed by atoms with Gasteiger partial charge in [-0.15, -0.1) is 0 Å². The van der Waals surface area contributed by atoms with Gasteiger partial charge in [-0.25, -0.2) is 19.7 Å². The van der Waals surface area contributed by atoms with Crippen LogP contribution < -0.4 is 15.8 Å². The van der Waals surface area contributed by atoms with Gasteiger partial charge in [-0.05, 0) is 87.4 Å². The van der Waals surface area contributed by atoms with Gasteiger partial charge >= 0.3 is 5.97 Å². The van der Waals surface area contributed by atoms with Gasteiger partial charge in [0.25, 0.3) is 0 Å². The summed E-state index contributed by atoms with van der Waals surface area (Å²) in [5, 5.41) is 5.24. The van der Waals surface area contributed by atoms with E-state index in [1.165, 1.54) is 0 Å². The summed E-state index contributed by atoms with van der Waals surface area (Å²) in [6, 6.07) is 5.63. The number of nitrogens with two attached hydrogens (primary N) is 1. The van der Waals surface area contributed by atoms with Crippen molar-refractivity contribution in [3.05, 3.63) is 47.4 Å². The van der Waals surface area contributed by atoms with E-state index >= 15 is 0 Å². The Morgan fingerprint density at radius 2 is 1.91 bits per heavy atom. The maximum Gasteiger partial charge on any atom is 0.340 e. The summed E-state index contributed by atoms with van der Waals surface area (Å²) in [5.41, 5.74) is 8.62. The van der Waals surface area contributed by atoms with Gasteiger partial charge in [-0.3, -0.25) is 0 Å². The van der Waals surface area contributed by atoms with E-state index in [9.17, 15) is 4.79 Å². The van der Waals surface area contributed by atoms with Gasteiger partial charge in [-0.1, -0.05) is 0 Å². The Morgan fingerprint density at radius 1 is 1.11 bits per heavy atom. The van der Waals surface area contributed by atoms with Gasteiger partial charge in [0.15, 0.2) is 0 Å². The summed E-state index contributed by atoms with van der Waals surface area (Å²) in [7, 11) is 0. The number of fused-ring (bicyclic) bond motifs is 3. The highest BCUT2D eigenvalue weighted by Gasteiger charge is 2.56. The lowest BCUT2D eigenvalue weighted by molar-refractivity contribution is 0.0183. The van der Waals surface area contributed by atoms with Crippen molar-refractivity contribution in [1.82, 2.24) is 15.0 Å². The van der Waals surface area contributed by atoms with Crippen molar-refractivity contribution in [3.8, 4) is 5.88 Å². The van der Waals surface area contributed by atoms with Crippen LogP contribution in [0.5, 0.6) is 5.88 Å². The first-order chi connectivity index (χ1) is 16.8. The summed E-state index contributed by atoms with van der Waals surface area (Å²) in [6.07, 6.45) is 10.1. The van der Waals surface area contributed by atoms with Crippen molar-refractivity contribution in [2.45, 2.75) is 75.5 Å². The van der Waals surface area contributed by atoms with Crippen molar-refractivity contribution in [3.63, 3.8) is 0 Å². The Balaban J connectivity index is 1.28. The summed E-state index contributed by atoms with van der Waals surface area (Å²) in [6.45, 7) is 4.05. The van der Waals surface area contributed by atoms with Crippen molar-refractivity contribution in [1.29, 1.82) is 0 Å². The molecule has 3 saturated carbocycles. The van der Waals surface area contributed by atoms with Crippen LogP contribution in [0.25, 0.3) is 10.8 Å². The Kier molecular flexibility index (Phi) is 4.29. The van der Waals surface area contributed by atoms with Gasteiger partial charge in [-0.2, -0.15) is 0 Å². The van der Waals surface area contributed by atoms with Crippen LogP contribution in [0.2, 0.25) is 0 Å². The highest BCUT2D eigenvalue weighted by molar-refractivity contribution is 5.94. The number of rotatable bonds is 6. The number of anilines is 2. The molecule has 1 aliphatic heterocycles. The predicted octanol–water partition coefficient (Wildman–Crippen LogP) is 4.48. The molecule has 180 valence electrons. The first-order valence-electron chi connectivity index (χ1n) is 12.6. The number of hydrogen-bond donors (Lipinski definition) is 2. The van der Waals surface area contributed by atoms with E-state index in [0.29, 0.717) is 29.0 Å². The third kappa shape index (κ3) is 3.37. The molecule has 0 amide bonds. The molecule has 3 aromatic rings. The number of carbonyl (C=O) groups excluding carboxylic acids is 1. The van der Waals surface area contributed by atoms with E-state index in [4.69, 9.17) is 20.2 Å². The number of aromatic nitrogens is 3. The molecule has 3 aromatic heterocycles. The maximum atomic E-state index is 12.4. The standard InChI is InChI=1S/C27H29N5O3/c1-14-27(9-10-27)23-17(25(33)34-14)7-8-21(32-23)31-22-11-18-19(12-29-22)24(35-16-5-6-16)30-13-20(18)26(2,28)15-3-4-15/h7-8,11-16H,3-6,9-10,28H2,1-2H3,(H,29,31,32)/t14-,26-/m1/s1. The smallest absolute Gasteiger partial charge is 0.340 e. The lowest BCUT2D eigenvalue weighted by Gasteiger charge is -2.30. The minimum Gasteiger partial charge on any atom is -0.474 e. The summed E-state index contributed by atoms with van der Waals surface area (Å²) >= 11 is 0. The third-order valence-electron chi connectivity index (χ3n) is 8.24. The molecule has 4 aliphatic rings. The molecule has 4 heterocycles. The van der Waals surface area contributed by atoms with E-state index in [1.54, 1.807) is 6.07 Å². The van der Waals surface area contributed by atoms with Crippen LogP contribution in [-0.2, 0) is 15.7 Å². The van der Waals surface area contributed by atoms with Crippen LogP contribution >= 0.6 is 0 Å². The van der Waals surface area contributed by atoms with Crippen LogP contribution in [0.3, 0.4) is 0 Å². The van der Waals surface area contributed by atoms with E-state index in [2.05, 4.69) is 22.2 Å². The van der Waals surface area contributed by atoms with Gasteiger partial charge in [0.05, 0.1) is 22.1 Å². The number of carbonyl (C=O) groups is 1. The summed E-state index contributed by atoms with van der Waals surface area (Å²) < 4.78 is 11.7. The third-order valence-corrected chi connectivity index (χ3v) is 8.24. The Labute approximate surface area is 203 Å². The van der Waals surface area contributed by atoms with Gasteiger partial charge in [0.1, 0.15) is 23.8 Å². The molecule has 0 bridgehead atoms. The van der Waals surface area contributed by atoms with E-state index < -0.39 is 5.54 Å². The largest absolute Gasteiger partial charge is 0.474 e. The number of ether oxygens (including phenoxy) is 2. The van der Waals surface area contributed by atoms with Gasteiger partial charge < -0.3 is 20.5 Å². The fraction of sp³-hybridized carbons (Fsp3) is 0.481. The normalized spacial score (nSPS) is 24.0. The average Bonchev–Trinajstić information content (AvgIpc) is 3.68. The Hall–Kier alpha value is -3.26. The average molecular weight is 472 g/mol. The van der Waals surface area contributed by atoms with Crippen LogP contribution in [0, 0.1) is 5.92 Å². The topological polar surface area (TPSA) is 112 Å². The number of nitrogens with one attached hydrogen (secondary N) is 1. The van der Waals surface area contributed by atoms with Gasteiger partial charge in [0.2, 0.25) is 5.88 Å². The van der Waals surface area contributed by atoms with Crippen molar-refractivity contribution >= 4 is 28.4 Å². The monoisotopic (exact) mass is 471 g/mol. The molecule has 1 spiro atoms. The second-order valence-corrected chi connectivity index (χ2v) is 10.9. The van der Waals surface area contributed by atoms with Crippen LogP contribution in [0.15, 0.2) is 30.6 Å². The molecule has 0 saturated heterocycles. The minimum absolute atomic E-state index is 0.155. The number of hydrogen-bond acceptors (Lipinski definition) is 8. The molecular formula is C27H29N5O3. The van der Waals surface area contributed by atoms with Crippen LogP contribution in [0.4, 0.5) is 11.6 Å². The highest BCUT2D eigenvalue weighted by atomic mass is 16.5. The second-order valence-electron chi connectivity index (χ2n) is 10.9. The molecule has 7 rings (SSSR count). The van der Waals surface area contributed by atoms with Crippen LogP contribution in [0.1, 0.15) is 74.0 Å². The first-order valence-corrected chi connectivity index (χ1v) is 12.6. The molecule has 8 heteroatoms. The molecular weight excluding hydrogens is 442 g/mol. The number of esters is 1. The van der Waals surface area contributed by atoms with E-state index in [1.807, 2.05) is 31.5 Å². The molecule has 2 atom stereocenters. The van der Waals surface area contributed by atoms with Gasteiger partial charge in [0, 0.05) is 17.9 Å². The predicted molar refractivity (Wildman–Crippen MR) is 131 cm³/mol. The molecule has 3 N–H and O–H groups in total. The fourth-order valence-electron chi connectivity index (χ4n) is 5.46. The van der Waals surface area contributed by atoms with Crippen LogP contribution in [-0.4, -0.2) is 33.1 Å². The molecule has 0 radical (unpaired) electrons. The van der Waals surface area contributed by atoms with E-state index in [-0.39, 0.29) is 23.6 Å². The maximum absolute atomic E-state index is 12.4. The summed E-state index contributed by atoms with van der Waals surface area (Å²) in [5.74, 6) is 2.10. The lowest BCUT2D eigenvalue weighted by atomic mass is 9.86. The van der Waals surface area contributed by atoms with Crippen molar-refractivity contribution in [2.24, 2.45) is 11.7 Å². The Morgan fingerprint density at radius 3 is 2.63 bits per heavy atom. The minimum atomic E-state index is -0.471. The second kappa shape index (κ2) is 7.13. The molecule has 0 unspecified atom stereocenters. The molecule has 3 aliphatic carbocycles. The molecule has 8 nitrogen and oxygen atoms in total. The Bertz CT molecular complexity index is 1370. The number of pyridine rings is 3. The zero-order chi connectivity index (χ0) is 23.9. The summed E-state index contributed by atoms with van der Waals surface area (Å²) in [4.78, 5) is 26.6. The molecule has 3 fully saturated rings. The zero-order valence-electron chi connectivity index (χ0n) is 20.0. The number of cyclic esters (lactones) is 1. The molecule has 0 aromatic carbocycles. The first kappa shape index (κ1) is 21.1. The quantitative estimate of drug-likeness (QED) is 0.506. The van der Waals surface area contributed by atoms with E-state index in [0.717, 1.165) is 60.6 Å². The zero-order valence-corrected chi connectivity index (χ0v) is 20.0. The van der Waals surface area contributed by atoms with Crippen molar-refractivity contribution in [2.75, 3.05) is 5.32 Å².